The second kappa shape index (κ2) is 8.21. The fraction of sp³-hybridized carbons (Fsp3) is 0.714. The molecule has 3 heteroatoms. The summed E-state index contributed by atoms with van der Waals surface area (Å²) in [6.45, 7) is 11.5. The molecule has 0 N–H and O–H groups in total. The maximum Gasteiger partial charge on any atom is 0.0635 e. The molecule has 0 bridgehead atoms. The molecule has 0 aliphatic carbocycles. The lowest BCUT2D eigenvalue weighted by Gasteiger charge is -2.47. The molecule has 0 spiro atoms. The summed E-state index contributed by atoms with van der Waals surface area (Å²) in [5.41, 5.74) is 3.28. The number of halogens is 1. The first-order chi connectivity index (χ1) is 11.0. The van der Waals surface area contributed by atoms with Gasteiger partial charge < -0.3 is 22.0 Å². The van der Waals surface area contributed by atoms with E-state index >= 15 is 0 Å². The fourth-order valence-corrected chi connectivity index (χ4v) is 4.78. The molecule has 1 aromatic rings. The molecule has 1 aromatic carbocycles. The third kappa shape index (κ3) is 4.53. The molecule has 0 aromatic heterocycles. The molecule has 0 saturated carbocycles. The number of piperidine rings is 1. The standard InChI is InChI=1S/C21H33NO.ClH/c1-18-9-5-6-10-19(18)21(12-16-23-20(2,3)17-21)11-15-22-13-7-4-8-14-22;/h5-6,9-10H,4,7-8,11-17H2,1-3H3;1H/p-1. The van der Waals surface area contributed by atoms with Crippen LogP contribution in [-0.2, 0) is 10.2 Å². The molecule has 2 aliphatic heterocycles. The van der Waals surface area contributed by atoms with Crippen LogP contribution in [0.5, 0.6) is 0 Å². The Morgan fingerprint density at radius 2 is 1.79 bits per heavy atom. The number of benzene rings is 1. The number of aryl methyl sites for hydroxylation is 1. The average molecular weight is 351 g/mol. The van der Waals surface area contributed by atoms with Crippen LogP contribution in [0.15, 0.2) is 24.3 Å². The van der Waals surface area contributed by atoms with Crippen LogP contribution >= 0.6 is 0 Å². The molecular weight excluding hydrogens is 318 g/mol. The van der Waals surface area contributed by atoms with Gasteiger partial charge in [0, 0.05) is 12.0 Å². The molecule has 0 radical (unpaired) electrons. The summed E-state index contributed by atoms with van der Waals surface area (Å²) < 4.78 is 6.06. The van der Waals surface area contributed by atoms with E-state index in [1.165, 1.54) is 50.9 Å². The lowest BCUT2D eigenvalue weighted by atomic mass is 9.66. The Balaban J connectivity index is 0.00000208. The largest absolute Gasteiger partial charge is 1.00 e. The van der Waals surface area contributed by atoms with Gasteiger partial charge in [0.2, 0.25) is 0 Å². The quantitative estimate of drug-likeness (QED) is 0.819. The van der Waals surface area contributed by atoms with Gasteiger partial charge in [-0.25, -0.2) is 0 Å². The van der Waals surface area contributed by atoms with Crippen LogP contribution in [0.2, 0.25) is 0 Å². The van der Waals surface area contributed by atoms with Gasteiger partial charge in [-0.1, -0.05) is 30.7 Å². The summed E-state index contributed by atoms with van der Waals surface area (Å²) in [5, 5.41) is 0. The molecule has 2 fully saturated rings. The Kier molecular flexibility index (Phi) is 6.75. The van der Waals surface area contributed by atoms with Gasteiger partial charge >= 0.3 is 0 Å². The van der Waals surface area contributed by atoms with E-state index in [0.29, 0.717) is 0 Å². The zero-order valence-electron chi connectivity index (χ0n) is 15.6. The minimum absolute atomic E-state index is 0. The van der Waals surface area contributed by atoms with Crippen LogP contribution in [0.4, 0.5) is 0 Å². The van der Waals surface area contributed by atoms with Crippen molar-refractivity contribution >= 4 is 0 Å². The van der Waals surface area contributed by atoms with Crippen LogP contribution in [-0.4, -0.2) is 36.7 Å². The third-order valence-corrected chi connectivity index (χ3v) is 5.91. The van der Waals surface area contributed by atoms with Gasteiger partial charge in [0.1, 0.15) is 0 Å². The van der Waals surface area contributed by atoms with Crippen molar-refractivity contribution in [3.63, 3.8) is 0 Å². The summed E-state index contributed by atoms with van der Waals surface area (Å²) in [5.74, 6) is 0. The van der Waals surface area contributed by atoms with Crippen molar-refractivity contribution in [3.05, 3.63) is 35.4 Å². The maximum absolute atomic E-state index is 6.06. The summed E-state index contributed by atoms with van der Waals surface area (Å²) >= 11 is 0. The van der Waals surface area contributed by atoms with E-state index in [4.69, 9.17) is 4.74 Å². The van der Waals surface area contributed by atoms with E-state index in [1.54, 1.807) is 5.56 Å². The zero-order chi connectivity index (χ0) is 16.3. The SMILES string of the molecule is Cc1ccccc1C1(CCN2CCCCC2)CCOC(C)(C)C1.[Cl-]. The van der Waals surface area contributed by atoms with Crippen LogP contribution in [0, 0.1) is 6.92 Å². The number of hydrogen-bond acceptors (Lipinski definition) is 2. The van der Waals surface area contributed by atoms with Crippen molar-refractivity contribution in [2.75, 3.05) is 26.2 Å². The predicted molar refractivity (Wildman–Crippen MR) is 97.0 cm³/mol. The van der Waals surface area contributed by atoms with Gasteiger partial charge in [-0.3, -0.25) is 0 Å². The van der Waals surface area contributed by atoms with Crippen molar-refractivity contribution < 1.29 is 17.1 Å². The van der Waals surface area contributed by atoms with Gasteiger partial charge in [-0.05, 0) is 83.6 Å². The van der Waals surface area contributed by atoms with Crippen molar-refractivity contribution in [3.8, 4) is 0 Å². The van der Waals surface area contributed by atoms with Crippen LogP contribution in [0.25, 0.3) is 0 Å². The zero-order valence-corrected chi connectivity index (χ0v) is 16.4. The summed E-state index contributed by atoms with van der Waals surface area (Å²) in [6.07, 6.45) is 7.75. The number of rotatable bonds is 4. The van der Waals surface area contributed by atoms with Gasteiger partial charge in [-0.2, -0.15) is 0 Å². The van der Waals surface area contributed by atoms with Gasteiger partial charge in [0.25, 0.3) is 0 Å². The molecule has 0 amide bonds. The first-order valence-electron chi connectivity index (χ1n) is 9.43. The van der Waals surface area contributed by atoms with E-state index in [-0.39, 0.29) is 23.4 Å². The highest BCUT2D eigenvalue weighted by atomic mass is 35.5. The van der Waals surface area contributed by atoms with E-state index in [0.717, 1.165) is 19.4 Å². The molecule has 136 valence electrons. The lowest BCUT2D eigenvalue weighted by molar-refractivity contribution is -0.0855. The van der Waals surface area contributed by atoms with Crippen molar-refractivity contribution in [2.24, 2.45) is 0 Å². The van der Waals surface area contributed by atoms with Crippen molar-refractivity contribution in [1.82, 2.24) is 4.90 Å². The maximum atomic E-state index is 6.06. The van der Waals surface area contributed by atoms with Crippen LogP contribution in [0.1, 0.15) is 63.5 Å². The molecular formula is C21H33ClNO-. The molecule has 2 heterocycles. The third-order valence-electron chi connectivity index (χ3n) is 5.91. The Morgan fingerprint density at radius 3 is 2.46 bits per heavy atom. The fourth-order valence-electron chi connectivity index (χ4n) is 4.78. The van der Waals surface area contributed by atoms with E-state index in [2.05, 4.69) is 49.9 Å². The van der Waals surface area contributed by atoms with E-state index in [9.17, 15) is 0 Å². The van der Waals surface area contributed by atoms with Gasteiger partial charge in [0.15, 0.2) is 0 Å². The first-order valence-corrected chi connectivity index (χ1v) is 9.43. The van der Waals surface area contributed by atoms with Crippen molar-refractivity contribution in [2.45, 2.75) is 70.3 Å². The molecule has 24 heavy (non-hydrogen) atoms. The van der Waals surface area contributed by atoms with Gasteiger partial charge in [-0.15, -0.1) is 0 Å². The number of hydrogen-bond donors (Lipinski definition) is 0. The minimum atomic E-state index is -0.0115. The highest BCUT2D eigenvalue weighted by molar-refractivity contribution is 5.34. The van der Waals surface area contributed by atoms with E-state index < -0.39 is 0 Å². The Morgan fingerprint density at radius 1 is 1.08 bits per heavy atom. The second-order valence-corrected chi connectivity index (χ2v) is 8.28. The molecule has 1 unspecified atom stereocenters. The van der Waals surface area contributed by atoms with Crippen LogP contribution < -0.4 is 12.4 Å². The topological polar surface area (TPSA) is 12.5 Å². The number of likely N-dealkylation sites (tertiary alicyclic amines) is 1. The van der Waals surface area contributed by atoms with E-state index in [1.807, 2.05) is 0 Å². The van der Waals surface area contributed by atoms with Crippen LogP contribution in [0.3, 0.4) is 0 Å². The summed E-state index contributed by atoms with van der Waals surface area (Å²) in [6, 6.07) is 9.03. The molecule has 1 atom stereocenters. The smallest absolute Gasteiger partial charge is 0.0635 e. The Labute approximate surface area is 154 Å². The summed E-state index contributed by atoms with van der Waals surface area (Å²) in [7, 11) is 0. The monoisotopic (exact) mass is 350 g/mol. The molecule has 2 nitrogen and oxygen atoms in total. The summed E-state index contributed by atoms with van der Waals surface area (Å²) in [4.78, 5) is 2.69. The highest BCUT2D eigenvalue weighted by Crippen LogP contribution is 2.45. The normalized spacial score (nSPS) is 27.5. The van der Waals surface area contributed by atoms with Gasteiger partial charge in [0.05, 0.1) is 5.60 Å². The lowest BCUT2D eigenvalue weighted by Crippen LogP contribution is -3.00. The number of nitrogens with zero attached hydrogens (tertiary/aromatic N) is 1. The highest BCUT2D eigenvalue weighted by Gasteiger charge is 2.42. The second-order valence-electron chi connectivity index (χ2n) is 8.28. The minimum Gasteiger partial charge on any atom is -1.00 e. The average Bonchev–Trinajstić information content (AvgIpc) is 2.53. The number of ether oxygens (including phenoxy) is 1. The molecule has 2 saturated heterocycles. The Bertz CT molecular complexity index is 524. The Hall–Kier alpha value is -0.570. The first kappa shape index (κ1) is 19.8. The van der Waals surface area contributed by atoms with Crippen molar-refractivity contribution in [1.29, 1.82) is 0 Å². The predicted octanol–water partition coefficient (Wildman–Crippen LogP) is 1.70. The molecule has 2 aliphatic rings. The molecule has 3 rings (SSSR count).